The summed E-state index contributed by atoms with van der Waals surface area (Å²) in [6, 6.07) is 5.99. The van der Waals surface area contributed by atoms with Crippen LogP contribution in [0.25, 0.3) is 0 Å². The summed E-state index contributed by atoms with van der Waals surface area (Å²) < 4.78 is 31.9. The molecule has 2 aliphatic carbocycles. The van der Waals surface area contributed by atoms with Crippen molar-refractivity contribution in [2.75, 3.05) is 0 Å². The number of nitro benzene ring substituents is 1. The second kappa shape index (κ2) is 9.46. The van der Waals surface area contributed by atoms with Gasteiger partial charge in [-0.05, 0) is 25.7 Å². The van der Waals surface area contributed by atoms with Gasteiger partial charge in [0.2, 0.25) is 0 Å². The fourth-order valence-corrected chi connectivity index (χ4v) is 6.12. The average molecular weight is 502 g/mol. The first-order valence-corrected chi connectivity index (χ1v) is 12.9. The number of fused-ring (bicyclic) bond motifs is 3. The molecular formula is C25H31N3O8. The van der Waals surface area contributed by atoms with Crippen LogP contribution in [0, 0.1) is 10.1 Å². The maximum atomic E-state index is 13.2. The van der Waals surface area contributed by atoms with Crippen molar-refractivity contribution >= 4 is 17.8 Å². The predicted octanol–water partition coefficient (Wildman–Crippen LogP) is 3.29. The molecule has 1 aromatic carbocycles. The van der Waals surface area contributed by atoms with Gasteiger partial charge in [0.15, 0.2) is 24.0 Å². The smallest absolute Gasteiger partial charge is 0.272 e. The topological polar surface area (TPSA) is 131 Å². The van der Waals surface area contributed by atoms with Gasteiger partial charge in [-0.3, -0.25) is 14.9 Å². The van der Waals surface area contributed by atoms with Crippen molar-refractivity contribution < 1.29 is 33.4 Å². The van der Waals surface area contributed by atoms with E-state index in [9.17, 15) is 14.9 Å². The van der Waals surface area contributed by atoms with Gasteiger partial charge in [-0.25, -0.2) is 5.43 Å². The van der Waals surface area contributed by atoms with Crippen LogP contribution in [0.15, 0.2) is 29.4 Å². The highest BCUT2D eigenvalue weighted by Gasteiger charge is 2.65. The lowest BCUT2D eigenvalue weighted by Gasteiger charge is -2.36. The number of hydrogen-bond acceptors (Lipinski definition) is 9. The predicted molar refractivity (Wildman–Crippen MR) is 125 cm³/mol. The summed E-state index contributed by atoms with van der Waals surface area (Å²) >= 11 is 0. The minimum Gasteiger partial charge on any atom is -0.341 e. The molecule has 194 valence electrons. The van der Waals surface area contributed by atoms with E-state index in [0.717, 1.165) is 64.2 Å². The van der Waals surface area contributed by atoms with Crippen LogP contribution in [0.2, 0.25) is 0 Å². The van der Waals surface area contributed by atoms with Gasteiger partial charge in [-0.2, -0.15) is 5.10 Å². The van der Waals surface area contributed by atoms with Crippen molar-refractivity contribution in [2.24, 2.45) is 5.10 Å². The van der Waals surface area contributed by atoms with Crippen LogP contribution in [0.4, 0.5) is 5.69 Å². The van der Waals surface area contributed by atoms with Gasteiger partial charge in [0, 0.05) is 43.4 Å². The van der Waals surface area contributed by atoms with Gasteiger partial charge in [-0.15, -0.1) is 0 Å². The zero-order chi connectivity index (χ0) is 24.8. The quantitative estimate of drug-likeness (QED) is 0.378. The first kappa shape index (κ1) is 23.9. The van der Waals surface area contributed by atoms with Gasteiger partial charge >= 0.3 is 0 Å². The molecule has 2 saturated carbocycles. The number of non-ortho nitro benzene ring substituents is 1. The van der Waals surface area contributed by atoms with Crippen LogP contribution >= 0.6 is 0 Å². The lowest BCUT2D eigenvalue weighted by Crippen LogP contribution is -2.59. The van der Waals surface area contributed by atoms with E-state index >= 15 is 0 Å². The van der Waals surface area contributed by atoms with Crippen LogP contribution in [0.5, 0.6) is 0 Å². The molecule has 1 aromatic rings. The number of hydrazone groups is 1. The molecule has 0 aromatic heterocycles. The number of nitrogens with one attached hydrogen (secondary N) is 1. The van der Waals surface area contributed by atoms with Crippen molar-refractivity contribution in [2.45, 2.75) is 106 Å². The molecule has 11 nitrogen and oxygen atoms in total. The Morgan fingerprint density at radius 2 is 1.58 bits per heavy atom. The van der Waals surface area contributed by atoms with Crippen molar-refractivity contribution in [3.05, 3.63) is 39.9 Å². The molecule has 5 atom stereocenters. The van der Waals surface area contributed by atoms with E-state index in [-0.39, 0.29) is 5.69 Å². The summed E-state index contributed by atoms with van der Waals surface area (Å²) in [5.41, 5.74) is 2.94. The maximum absolute atomic E-state index is 13.2. The van der Waals surface area contributed by atoms with E-state index in [1.165, 1.54) is 18.3 Å². The van der Waals surface area contributed by atoms with Gasteiger partial charge in [-0.1, -0.05) is 25.0 Å². The Hall–Kier alpha value is -2.44. The summed E-state index contributed by atoms with van der Waals surface area (Å²) in [6.07, 6.45) is 7.44. The van der Waals surface area contributed by atoms with Gasteiger partial charge in [0.25, 0.3) is 11.6 Å². The Labute approximate surface area is 208 Å². The van der Waals surface area contributed by atoms with Crippen molar-refractivity contribution in [1.82, 2.24) is 5.43 Å². The van der Waals surface area contributed by atoms with E-state index in [1.54, 1.807) is 12.1 Å². The van der Waals surface area contributed by atoms with Gasteiger partial charge < -0.3 is 23.7 Å². The third-order valence-electron chi connectivity index (χ3n) is 7.84. The van der Waals surface area contributed by atoms with E-state index in [2.05, 4.69) is 10.5 Å². The SMILES string of the molecule is O=C(N/N=C\c1cccc([N+](=O)[O-])c1)[C@@H]1O[C@@H]2OC3(CCCCC3)O[C@@H]2[C@@H]2OC3(CCCCC3)O[C@@H]21. The standard InChI is InChI=1S/C25H31N3O8/c29-22(27-26-15-16-8-7-9-17(14-16)28(30)31)20-18-19(34-24(33-18)10-3-1-4-11-24)21-23(32-20)36-25(35-21)12-5-2-6-13-25/h7-9,14-15,18-21,23H,1-6,10-13H2,(H,27,29)/b26-15-/t18-,19+,20+,21+,23+/m0/s1. The number of hydrogen-bond donors (Lipinski definition) is 1. The Balaban J connectivity index is 1.20. The third kappa shape index (κ3) is 4.43. The van der Waals surface area contributed by atoms with Crippen LogP contribution < -0.4 is 5.43 Å². The summed E-state index contributed by atoms with van der Waals surface area (Å²) in [4.78, 5) is 23.8. The molecule has 2 spiro atoms. The molecule has 3 heterocycles. The number of amides is 1. The molecule has 6 rings (SSSR count). The zero-order valence-corrected chi connectivity index (χ0v) is 20.0. The highest BCUT2D eigenvalue weighted by atomic mass is 16.9. The molecule has 3 aliphatic heterocycles. The van der Waals surface area contributed by atoms with Crippen molar-refractivity contribution in [3.63, 3.8) is 0 Å². The zero-order valence-electron chi connectivity index (χ0n) is 20.0. The molecule has 3 saturated heterocycles. The molecule has 36 heavy (non-hydrogen) atoms. The molecule has 5 aliphatic rings. The van der Waals surface area contributed by atoms with Crippen LogP contribution in [0.1, 0.15) is 69.8 Å². The highest BCUT2D eigenvalue weighted by Crippen LogP contribution is 2.50. The highest BCUT2D eigenvalue weighted by molar-refractivity contribution is 5.85. The molecule has 1 amide bonds. The summed E-state index contributed by atoms with van der Waals surface area (Å²) in [6.45, 7) is 0. The number of rotatable bonds is 4. The minimum absolute atomic E-state index is 0.0564. The second-order valence-corrected chi connectivity index (χ2v) is 10.3. The largest absolute Gasteiger partial charge is 0.341 e. The monoisotopic (exact) mass is 501 g/mol. The maximum Gasteiger partial charge on any atom is 0.272 e. The molecular weight excluding hydrogens is 470 g/mol. The van der Waals surface area contributed by atoms with E-state index in [4.69, 9.17) is 23.7 Å². The van der Waals surface area contributed by atoms with E-state index in [1.807, 2.05) is 0 Å². The molecule has 0 bridgehead atoms. The number of ether oxygens (including phenoxy) is 5. The Bertz CT molecular complexity index is 1040. The van der Waals surface area contributed by atoms with E-state index < -0.39 is 53.1 Å². The Morgan fingerprint density at radius 3 is 2.28 bits per heavy atom. The van der Waals surface area contributed by atoms with Crippen LogP contribution in [0.3, 0.4) is 0 Å². The van der Waals surface area contributed by atoms with Gasteiger partial charge in [0.1, 0.15) is 18.3 Å². The average Bonchev–Trinajstić information content (AvgIpc) is 3.42. The number of carbonyl (C=O) groups is 1. The number of nitro groups is 1. The second-order valence-electron chi connectivity index (χ2n) is 10.3. The minimum atomic E-state index is -0.998. The Kier molecular flexibility index (Phi) is 6.29. The summed E-state index contributed by atoms with van der Waals surface area (Å²) in [5, 5.41) is 15.0. The molecule has 11 heteroatoms. The molecule has 0 unspecified atom stereocenters. The third-order valence-corrected chi connectivity index (χ3v) is 7.84. The Morgan fingerprint density at radius 1 is 0.944 bits per heavy atom. The summed E-state index contributed by atoms with van der Waals surface area (Å²) in [5.74, 6) is -1.92. The van der Waals surface area contributed by atoms with Crippen molar-refractivity contribution in [1.29, 1.82) is 0 Å². The molecule has 0 radical (unpaired) electrons. The lowest BCUT2D eigenvalue weighted by atomic mass is 9.94. The number of carbonyl (C=O) groups excluding carboxylic acids is 1. The molecule has 5 fully saturated rings. The number of benzene rings is 1. The van der Waals surface area contributed by atoms with Gasteiger partial charge in [0.05, 0.1) is 11.1 Å². The molecule has 1 N–H and O–H groups in total. The first-order chi connectivity index (χ1) is 17.5. The summed E-state index contributed by atoms with van der Waals surface area (Å²) in [7, 11) is 0. The normalized spacial score (nSPS) is 34.5. The fourth-order valence-electron chi connectivity index (χ4n) is 6.12. The number of nitrogens with zero attached hydrogens (tertiary/aromatic N) is 2. The van der Waals surface area contributed by atoms with Crippen LogP contribution in [-0.2, 0) is 28.5 Å². The fraction of sp³-hybridized carbons (Fsp3) is 0.680. The van der Waals surface area contributed by atoms with E-state index in [0.29, 0.717) is 5.56 Å². The lowest BCUT2D eigenvalue weighted by molar-refractivity contribution is -0.384. The van der Waals surface area contributed by atoms with Crippen LogP contribution in [-0.4, -0.2) is 59.3 Å². The van der Waals surface area contributed by atoms with Crippen molar-refractivity contribution in [3.8, 4) is 0 Å². The first-order valence-electron chi connectivity index (χ1n) is 12.9.